The van der Waals surface area contributed by atoms with Gasteiger partial charge in [0.05, 0.1) is 11.2 Å². The van der Waals surface area contributed by atoms with E-state index in [1.807, 2.05) is 0 Å². The average molecular weight is 231 g/mol. The fourth-order valence-corrected chi connectivity index (χ4v) is 1.30. The van der Waals surface area contributed by atoms with Gasteiger partial charge in [0, 0.05) is 0 Å². The van der Waals surface area contributed by atoms with Gasteiger partial charge in [0.2, 0.25) is 6.41 Å². The van der Waals surface area contributed by atoms with Gasteiger partial charge in [0.25, 0.3) is 0 Å². The SMILES string of the molecule is CCN(CC)C(OC(C)(C)C)OC(C)(C)C. The van der Waals surface area contributed by atoms with Crippen LogP contribution in [0.25, 0.3) is 0 Å². The van der Waals surface area contributed by atoms with Crippen molar-refractivity contribution in [2.75, 3.05) is 13.1 Å². The second kappa shape index (κ2) is 5.99. The molecule has 0 rings (SSSR count). The van der Waals surface area contributed by atoms with Gasteiger partial charge in [-0.05, 0) is 54.6 Å². The Kier molecular flexibility index (Phi) is 5.94. The van der Waals surface area contributed by atoms with E-state index in [9.17, 15) is 0 Å². The highest BCUT2D eigenvalue weighted by molar-refractivity contribution is 4.66. The fraction of sp³-hybridized carbons (Fsp3) is 1.00. The predicted molar refractivity (Wildman–Crippen MR) is 68.4 cm³/mol. The Hall–Kier alpha value is -0.120. The minimum atomic E-state index is -0.269. The molecule has 0 spiro atoms. The molecule has 98 valence electrons. The first kappa shape index (κ1) is 15.9. The Morgan fingerprint density at radius 3 is 1.31 bits per heavy atom. The molecule has 0 aromatic heterocycles. The van der Waals surface area contributed by atoms with Crippen LogP contribution in [0.4, 0.5) is 0 Å². The van der Waals surface area contributed by atoms with E-state index in [1.54, 1.807) is 0 Å². The monoisotopic (exact) mass is 231 g/mol. The van der Waals surface area contributed by atoms with E-state index >= 15 is 0 Å². The quantitative estimate of drug-likeness (QED) is 0.678. The predicted octanol–water partition coefficient (Wildman–Crippen LogP) is 3.24. The summed E-state index contributed by atoms with van der Waals surface area (Å²) in [5.41, 5.74) is -0.392. The van der Waals surface area contributed by atoms with Gasteiger partial charge in [-0.15, -0.1) is 0 Å². The molecule has 3 heteroatoms. The summed E-state index contributed by atoms with van der Waals surface area (Å²) in [6.07, 6.45) is -0.269. The zero-order valence-corrected chi connectivity index (χ0v) is 12.3. The summed E-state index contributed by atoms with van der Waals surface area (Å²) in [6, 6.07) is 0. The molecule has 0 atom stereocenters. The van der Waals surface area contributed by atoms with Crippen LogP contribution in [0.2, 0.25) is 0 Å². The molecule has 0 saturated heterocycles. The van der Waals surface area contributed by atoms with E-state index < -0.39 is 0 Å². The van der Waals surface area contributed by atoms with Crippen molar-refractivity contribution in [1.29, 1.82) is 0 Å². The van der Waals surface area contributed by atoms with Crippen LogP contribution in [0, 0.1) is 0 Å². The molecule has 0 amide bonds. The summed E-state index contributed by atoms with van der Waals surface area (Å²) in [4.78, 5) is 2.18. The van der Waals surface area contributed by atoms with Crippen molar-refractivity contribution in [2.45, 2.75) is 73.0 Å². The Balaban J connectivity index is 4.62. The summed E-state index contributed by atoms with van der Waals surface area (Å²) in [6.45, 7) is 18.4. The van der Waals surface area contributed by atoms with E-state index in [0.29, 0.717) is 0 Å². The molecule has 3 nitrogen and oxygen atoms in total. The van der Waals surface area contributed by atoms with Crippen molar-refractivity contribution in [2.24, 2.45) is 0 Å². The molecule has 0 radical (unpaired) electrons. The van der Waals surface area contributed by atoms with E-state index in [1.165, 1.54) is 0 Å². The smallest absolute Gasteiger partial charge is 0.219 e. The van der Waals surface area contributed by atoms with Gasteiger partial charge >= 0.3 is 0 Å². The van der Waals surface area contributed by atoms with Crippen LogP contribution in [0.15, 0.2) is 0 Å². The van der Waals surface area contributed by atoms with Gasteiger partial charge < -0.3 is 9.47 Å². The number of hydrogen-bond donors (Lipinski definition) is 0. The highest BCUT2D eigenvalue weighted by Gasteiger charge is 2.27. The third-order valence-electron chi connectivity index (χ3n) is 2.02. The van der Waals surface area contributed by atoms with E-state index in [-0.39, 0.29) is 17.6 Å². The average Bonchev–Trinajstić information content (AvgIpc) is 1.99. The van der Waals surface area contributed by atoms with Crippen LogP contribution < -0.4 is 0 Å². The molecule has 0 fully saturated rings. The van der Waals surface area contributed by atoms with Crippen LogP contribution in [0.5, 0.6) is 0 Å². The first-order valence-electron chi connectivity index (χ1n) is 6.18. The van der Waals surface area contributed by atoms with Gasteiger partial charge in [0.1, 0.15) is 0 Å². The van der Waals surface area contributed by atoms with Gasteiger partial charge in [-0.1, -0.05) is 13.8 Å². The Labute approximate surface area is 101 Å². The molecule has 0 heterocycles. The molecular formula is C13H29NO2. The largest absolute Gasteiger partial charge is 0.334 e. The Bertz CT molecular complexity index is 171. The van der Waals surface area contributed by atoms with Gasteiger partial charge in [-0.3, -0.25) is 4.90 Å². The fourth-order valence-electron chi connectivity index (χ4n) is 1.30. The van der Waals surface area contributed by atoms with Crippen molar-refractivity contribution in [3.05, 3.63) is 0 Å². The number of ether oxygens (including phenoxy) is 2. The van der Waals surface area contributed by atoms with E-state index in [4.69, 9.17) is 9.47 Å². The summed E-state index contributed by atoms with van der Waals surface area (Å²) in [5.74, 6) is 0. The van der Waals surface area contributed by atoms with Crippen molar-refractivity contribution in [3.63, 3.8) is 0 Å². The van der Waals surface area contributed by atoms with E-state index in [2.05, 4.69) is 60.3 Å². The molecule has 0 bridgehead atoms. The molecule has 0 aliphatic carbocycles. The minimum absolute atomic E-state index is 0.196. The summed E-state index contributed by atoms with van der Waals surface area (Å²) < 4.78 is 11.9. The third-order valence-corrected chi connectivity index (χ3v) is 2.02. The lowest BCUT2D eigenvalue weighted by molar-refractivity contribution is -0.293. The Morgan fingerprint density at radius 1 is 0.812 bits per heavy atom. The zero-order valence-electron chi connectivity index (χ0n) is 12.3. The van der Waals surface area contributed by atoms with Crippen molar-refractivity contribution in [1.82, 2.24) is 4.90 Å². The molecule has 0 N–H and O–H groups in total. The number of nitrogens with zero attached hydrogens (tertiary/aromatic N) is 1. The third kappa shape index (κ3) is 7.20. The van der Waals surface area contributed by atoms with E-state index in [0.717, 1.165) is 13.1 Å². The van der Waals surface area contributed by atoms with Crippen molar-refractivity contribution < 1.29 is 9.47 Å². The number of rotatable bonds is 5. The molecule has 16 heavy (non-hydrogen) atoms. The maximum absolute atomic E-state index is 5.96. The zero-order chi connectivity index (χ0) is 13.0. The normalized spacial score (nSPS) is 13.9. The van der Waals surface area contributed by atoms with Crippen LogP contribution in [-0.4, -0.2) is 35.6 Å². The van der Waals surface area contributed by atoms with Crippen molar-refractivity contribution >= 4 is 0 Å². The second-order valence-electron chi connectivity index (χ2n) is 5.99. The molecule has 0 aromatic carbocycles. The number of hydrogen-bond acceptors (Lipinski definition) is 3. The summed E-state index contributed by atoms with van der Waals surface area (Å²) in [7, 11) is 0. The molecule has 0 aromatic rings. The highest BCUT2D eigenvalue weighted by Crippen LogP contribution is 2.20. The molecule has 0 unspecified atom stereocenters. The minimum Gasteiger partial charge on any atom is -0.334 e. The Morgan fingerprint density at radius 2 is 1.12 bits per heavy atom. The highest BCUT2D eigenvalue weighted by atomic mass is 16.7. The van der Waals surface area contributed by atoms with Crippen LogP contribution >= 0.6 is 0 Å². The summed E-state index contributed by atoms with van der Waals surface area (Å²) >= 11 is 0. The van der Waals surface area contributed by atoms with Gasteiger partial charge in [0.15, 0.2) is 0 Å². The van der Waals surface area contributed by atoms with Gasteiger partial charge in [-0.2, -0.15) is 0 Å². The lowest BCUT2D eigenvalue weighted by Gasteiger charge is -2.38. The second-order valence-corrected chi connectivity index (χ2v) is 5.99. The van der Waals surface area contributed by atoms with Crippen molar-refractivity contribution in [3.8, 4) is 0 Å². The molecule has 0 aliphatic rings. The lowest BCUT2D eigenvalue weighted by atomic mass is 10.2. The first-order chi connectivity index (χ1) is 7.09. The maximum atomic E-state index is 5.96. The standard InChI is InChI=1S/C13H29NO2/c1-9-14(10-2)11(15-12(3,4)5)16-13(6,7)8/h11H,9-10H2,1-8H3. The molecule has 0 saturated carbocycles. The maximum Gasteiger partial charge on any atom is 0.219 e. The first-order valence-corrected chi connectivity index (χ1v) is 6.18. The topological polar surface area (TPSA) is 21.7 Å². The van der Waals surface area contributed by atoms with Gasteiger partial charge in [-0.25, -0.2) is 0 Å². The van der Waals surface area contributed by atoms with Crippen LogP contribution in [-0.2, 0) is 9.47 Å². The molecular weight excluding hydrogens is 202 g/mol. The summed E-state index contributed by atoms with van der Waals surface area (Å²) in [5, 5.41) is 0. The van der Waals surface area contributed by atoms with Crippen LogP contribution in [0.1, 0.15) is 55.4 Å². The van der Waals surface area contributed by atoms with Crippen LogP contribution in [0.3, 0.4) is 0 Å². The molecule has 0 aliphatic heterocycles. The lowest BCUT2D eigenvalue weighted by Crippen LogP contribution is -2.46.